The predicted molar refractivity (Wildman–Crippen MR) is 60.2 cm³/mol. The third-order valence-electron chi connectivity index (χ3n) is 2.82. The van der Waals surface area contributed by atoms with Gasteiger partial charge in [-0.3, -0.25) is 9.59 Å². The third-order valence-corrected chi connectivity index (χ3v) is 3.43. The van der Waals surface area contributed by atoms with Gasteiger partial charge in [0.15, 0.2) is 6.04 Å². The minimum Gasteiger partial charge on any atom is -0.337 e. The molecule has 2 unspecified atom stereocenters. The summed E-state index contributed by atoms with van der Waals surface area (Å²) >= 11 is 1.24. The van der Waals surface area contributed by atoms with Gasteiger partial charge in [0, 0.05) is 12.4 Å². The summed E-state index contributed by atoms with van der Waals surface area (Å²) < 4.78 is 37.1. The fraction of sp³-hybridized carbons (Fsp3) is 0.500. The van der Waals surface area contributed by atoms with Crippen LogP contribution in [0.25, 0.3) is 0 Å². The first-order valence-corrected chi connectivity index (χ1v) is 6.26. The molecule has 1 aromatic heterocycles. The largest absolute Gasteiger partial charge is 0.391 e. The maximum absolute atomic E-state index is 12.4. The molecule has 9 heteroatoms. The number of nitrogens with zero attached hydrogens (tertiary/aromatic N) is 2. The summed E-state index contributed by atoms with van der Waals surface area (Å²) in [7, 11) is 1.19. The van der Waals surface area contributed by atoms with E-state index in [0.717, 1.165) is 4.90 Å². The molecule has 2 atom stereocenters. The number of hydrogen-bond acceptors (Lipinski definition) is 4. The molecule has 1 aliphatic heterocycles. The van der Waals surface area contributed by atoms with Crippen LogP contribution in [0.4, 0.5) is 13.2 Å². The Morgan fingerprint density at radius 1 is 1.47 bits per heavy atom. The second kappa shape index (κ2) is 4.80. The molecule has 1 saturated heterocycles. The first-order valence-electron chi connectivity index (χ1n) is 5.31. The number of alkyl halides is 3. The smallest absolute Gasteiger partial charge is 0.337 e. The quantitative estimate of drug-likeness (QED) is 0.888. The van der Waals surface area contributed by atoms with Gasteiger partial charge in [0.25, 0.3) is 5.91 Å². The number of carbonyl (C=O) groups excluding carboxylic acids is 2. The number of carbonyl (C=O) groups is 2. The lowest BCUT2D eigenvalue weighted by atomic mass is 10.0. The van der Waals surface area contributed by atoms with Gasteiger partial charge < -0.3 is 10.2 Å². The molecule has 5 nitrogen and oxygen atoms in total. The molecule has 104 valence electrons. The van der Waals surface area contributed by atoms with E-state index in [4.69, 9.17) is 0 Å². The SMILES string of the molecule is CN1C(=O)C(c2cscn2)NC(=O)C1CC(F)(F)F. The predicted octanol–water partition coefficient (Wildman–Crippen LogP) is 1.09. The lowest BCUT2D eigenvalue weighted by Crippen LogP contribution is -2.59. The summed E-state index contributed by atoms with van der Waals surface area (Å²) in [6.07, 6.45) is -5.87. The van der Waals surface area contributed by atoms with Crippen LogP contribution in [0.3, 0.4) is 0 Å². The molecule has 1 aromatic rings. The molecule has 1 aliphatic rings. The fourth-order valence-electron chi connectivity index (χ4n) is 1.85. The minimum atomic E-state index is -4.51. The zero-order chi connectivity index (χ0) is 14.2. The van der Waals surface area contributed by atoms with Gasteiger partial charge in [-0.2, -0.15) is 13.2 Å². The Hall–Kier alpha value is -1.64. The molecule has 0 saturated carbocycles. The lowest BCUT2D eigenvalue weighted by molar-refractivity contribution is -0.167. The molecular weight excluding hydrogens is 283 g/mol. The van der Waals surface area contributed by atoms with Gasteiger partial charge in [-0.25, -0.2) is 4.98 Å². The van der Waals surface area contributed by atoms with E-state index in [-0.39, 0.29) is 0 Å². The number of nitrogens with one attached hydrogen (secondary N) is 1. The highest BCUT2D eigenvalue weighted by molar-refractivity contribution is 7.07. The molecule has 19 heavy (non-hydrogen) atoms. The van der Waals surface area contributed by atoms with Crippen molar-refractivity contribution in [2.45, 2.75) is 24.7 Å². The van der Waals surface area contributed by atoms with Crippen LogP contribution >= 0.6 is 11.3 Å². The number of rotatable bonds is 2. The molecule has 0 aliphatic carbocycles. The Bertz CT molecular complexity index is 489. The van der Waals surface area contributed by atoms with Crippen molar-refractivity contribution in [3.8, 4) is 0 Å². The number of halogens is 3. The molecule has 0 bridgehead atoms. The van der Waals surface area contributed by atoms with Crippen molar-refractivity contribution in [3.05, 3.63) is 16.6 Å². The lowest BCUT2D eigenvalue weighted by Gasteiger charge is -2.36. The second-order valence-electron chi connectivity index (χ2n) is 4.14. The maximum Gasteiger partial charge on any atom is 0.391 e. The number of likely N-dealkylation sites (N-methyl/N-ethyl adjacent to an activating group) is 1. The second-order valence-corrected chi connectivity index (χ2v) is 4.86. The van der Waals surface area contributed by atoms with Gasteiger partial charge in [-0.1, -0.05) is 0 Å². The minimum absolute atomic E-state index is 0.334. The van der Waals surface area contributed by atoms with Crippen LogP contribution in [0.15, 0.2) is 10.9 Å². The average molecular weight is 293 g/mol. The number of piperazine rings is 1. The summed E-state index contributed by atoms with van der Waals surface area (Å²) in [4.78, 5) is 28.4. The van der Waals surface area contributed by atoms with Crippen molar-refractivity contribution in [1.29, 1.82) is 0 Å². The van der Waals surface area contributed by atoms with Crippen molar-refractivity contribution in [3.63, 3.8) is 0 Å². The van der Waals surface area contributed by atoms with Crippen LogP contribution in [0.2, 0.25) is 0 Å². The fourth-order valence-corrected chi connectivity index (χ4v) is 2.43. The van der Waals surface area contributed by atoms with Crippen LogP contribution in [0.1, 0.15) is 18.2 Å². The summed E-state index contributed by atoms with van der Waals surface area (Å²) in [5, 5.41) is 3.86. The first kappa shape index (κ1) is 13.8. The highest BCUT2D eigenvalue weighted by Crippen LogP contribution is 2.28. The Kier molecular flexibility index (Phi) is 3.48. The standard InChI is InChI=1S/C10H10F3N3O2S/c1-16-6(2-10(11,12)13)8(17)15-7(9(16)18)5-3-19-4-14-5/h3-4,6-7H,2H2,1H3,(H,15,17). The van der Waals surface area contributed by atoms with Gasteiger partial charge in [0.05, 0.1) is 17.6 Å². The number of aromatic nitrogens is 1. The van der Waals surface area contributed by atoms with E-state index < -0.39 is 36.5 Å². The van der Waals surface area contributed by atoms with E-state index in [1.54, 1.807) is 5.38 Å². The number of thiazole rings is 1. The monoisotopic (exact) mass is 293 g/mol. The molecular formula is C10H10F3N3O2S. The van der Waals surface area contributed by atoms with Gasteiger partial charge in [-0.15, -0.1) is 11.3 Å². The summed E-state index contributed by atoms with van der Waals surface area (Å²) in [6, 6.07) is -2.53. The van der Waals surface area contributed by atoms with Crippen molar-refractivity contribution in [2.75, 3.05) is 7.05 Å². The molecule has 0 radical (unpaired) electrons. The molecule has 2 amide bonds. The first-order chi connectivity index (χ1) is 8.79. The molecule has 2 heterocycles. The zero-order valence-electron chi connectivity index (χ0n) is 9.77. The van der Waals surface area contributed by atoms with Crippen LogP contribution in [-0.4, -0.2) is 41.0 Å². The van der Waals surface area contributed by atoms with E-state index >= 15 is 0 Å². The average Bonchev–Trinajstić information content (AvgIpc) is 2.81. The van der Waals surface area contributed by atoms with Gasteiger partial charge in [0.2, 0.25) is 5.91 Å². The molecule has 1 N–H and O–H groups in total. The maximum atomic E-state index is 12.4. The number of amides is 2. The zero-order valence-corrected chi connectivity index (χ0v) is 10.6. The van der Waals surface area contributed by atoms with Crippen LogP contribution in [-0.2, 0) is 9.59 Å². The Balaban J connectivity index is 2.19. The Morgan fingerprint density at radius 2 is 2.16 bits per heavy atom. The number of hydrogen-bond donors (Lipinski definition) is 1. The van der Waals surface area contributed by atoms with Crippen molar-refractivity contribution >= 4 is 23.2 Å². The van der Waals surface area contributed by atoms with E-state index in [0.29, 0.717) is 5.69 Å². The summed E-state index contributed by atoms with van der Waals surface area (Å²) in [5.74, 6) is -1.42. The molecule has 0 aromatic carbocycles. The van der Waals surface area contributed by atoms with Gasteiger partial charge in [-0.05, 0) is 0 Å². The highest BCUT2D eigenvalue weighted by Gasteiger charge is 2.45. The summed E-state index contributed by atoms with van der Waals surface area (Å²) in [5.41, 5.74) is 1.82. The van der Waals surface area contributed by atoms with Crippen molar-refractivity contribution in [1.82, 2.24) is 15.2 Å². The van der Waals surface area contributed by atoms with Crippen LogP contribution < -0.4 is 5.32 Å². The van der Waals surface area contributed by atoms with Gasteiger partial charge in [0.1, 0.15) is 6.04 Å². The Morgan fingerprint density at radius 3 is 2.68 bits per heavy atom. The summed E-state index contributed by atoms with van der Waals surface area (Å²) in [6.45, 7) is 0. The molecule has 0 spiro atoms. The van der Waals surface area contributed by atoms with E-state index in [1.807, 2.05) is 0 Å². The van der Waals surface area contributed by atoms with E-state index in [1.165, 1.54) is 23.9 Å². The molecule has 1 fully saturated rings. The van der Waals surface area contributed by atoms with E-state index in [9.17, 15) is 22.8 Å². The molecule has 2 rings (SSSR count). The van der Waals surface area contributed by atoms with E-state index in [2.05, 4.69) is 10.3 Å². The van der Waals surface area contributed by atoms with Crippen LogP contribution in [0, 0.1) is 0 Å². The highest BCUT2D eigenvalue weighted by atomic mass is 32.1. The van der Waals surface area contributed by atoms with Crippen molar-refractivity contribution in [2.24, 2.45) is 0 Å². The normalized spacial score (nSPS) is 24.5. The third kappa shape index (κ3) is 2.86. The van der Waals surface area contributed by atoms with Gasteiger partial charge >= 0.3 is 6.18 Å². The Labute approximate surface area is 110 Å². The van der Waals surface area contributed by atoms with Crippen molar-refractivity contribution < 1.29 is 22.8 Å². The topological polar surface area (TPSA) is 62.3 Å². The van der Waals surface area contributed by atoms with Crippen LogP contribution in [0.5, 0.6) is 0 Å².